The summed E-state index contributed by atoms with van der Waals surface area (Å²) in [6, 6.07) is 16.9. The highest BCUT2D eigenvalue weighted by atomic mass is 35.5. The maximum atomic E-state index is 12.9. The summed E-state index contributed by atoms with van der Waals surface area (Å²) in [6.07, 6.45) is 0. The Morgan fingerprint density at radius 3 is 2.50 bits per heavy atom. The third-order valence-corrected chi connectivity index (χ3v) is 7.68. The molecule has 0 saturated carbocycles. The van der Waals surface area contributed by atoms with Crippen LogP contribution in [0.1, 0.15) is 11.1 Å². The molecule has 4 aromatic rings. The predicted octanol–water partition coefficient (Wildman–Crippen LogP) is 5.53. The number of nitrogens with zero attached hydrogens (tertiary/aromatic N) is 1. The van der Waals surface area contributed by atoms with Gasteiger partial charge in [0.1, 0.15) is 0 Å². The van der Waals surface area contributed by atoms with E-state index in [0.717, 1.165) is 16.9 Å². The van der Waals surface area contributed by atoms with Crippen LogP contribution in [0.25, 0.3) is 10.2 Å². The molecule has 0 radical (unpaired) electrons. The smallest absolute Gasteiger partial charge is 0.294 e. The molecule has 0 bridgehead atoms. The summed E-state index contributed by atoms with van der Waals surface area (Å²) in [5, 5.41) is 1.10. The second kappa shape index (κ2) is 8.07. The van der Waals surface area contributed by atoms with Crippen molar-refractivity contribution in [3.8, 4) is 0 Å². The molecule has 1 heterocycles. The second-order valence-electron chi connectivity index (χ2n) is 6.73. The molecule has 4 rings (SSSR count). The van der Waals surface area contributed by atoms with Crippen LogP contribution in [-0.2, 0) is 16.6 Å². The molecule has 1 aromatic heterocycles. The van der Waals surface area contributed by atoms with Crippen LogP contribution in [0, 0.1) is 6.92 Å². The van der Waals surface area contributed by atoms with Gasteiger partial charge in [-0.15, -0.1) is 0 Å². The summed E-state index contributed by atoms with van der Waals surface area (Å²) in [7, 11) is -3.84. The van der Waals surface area contributed by atoms with Crippen molar-refractivity contribution >= 4 is 60.5 Å². The van der Waals surface area contributed by atoms with Crippen molar-refractivity contribution in [2.24, 2.45) is 0 Å². The van der Waals surface area contributed by atoms with Gasteiger partial charge in [0, 0.05) is 10.0 Å². The number of hydrogen-bond acceptors (Lipinski definition) is 4. The molecule has 3 aromatic carbocycles. The molecule has 5 nitrogen and oxygen atoms in total. The first kappa shape index (κ1) is 20.9. The van der Waals surface area contributed by atoms with Crippen LogP contribution in [-0.4, -0.2) is 13.0 Å². The fourth-order valence-corrected chi connectivity index (χ4v) is 5.51. The van der Waals surface area contributed by atoms with E-state index in [1.165, 1.54) is 12.1 Å². The summed E-state index contributed by atoms with van der Waals surface area (Å²) in [5.41, 5.74) is 2.66. The van der Waals surface area contributed by atoms with Crippen LogP contribution in [0.4, 0.5) is 5.69 Å². The number of fused-ring (bicyclic) bond motifs is 1. The third kappa shape index (κ3) is 4.11. The molecular weight excluding hydrogens is 463 g/mol. The number of halogens is 2. The normalized spacial score (nSPS) is 11.7. The lowest BCUT2D eigenvalue weighted by molar-refractivity contribution is 0.601. The van der Waals surface area contributed by atoms with Crippen molar-refractivity contribution in [3.63, 3.8) is 0 Å². The molecule has 0 fully saturated rings. The fourth-order valence-electron chi connectivity index (χ4n) is 3.06. The molecule has 0 atom stereocenters. The van der Waals surface area contributed by atoms with Gasteiger partial charge >= 0.3 is 4.87 Å². The molecule has 0 amide bonds. The Kier molecular flexibility index (Phi) is 5.63. The molecule has 0 unspecified atom stereocenters. The fraction of sp³-hybridized carbons (Fsp3) is 0.0952. The summed E-state index contributed by atoms with van der Waals surface area (Å²) >= 11 is 13.0. The Morgan fingerprint density at radius 1 is 1.03 bits per heavy atom. The molecule has 1 N–H and O–H groups in total. The zero-order valence-corrected chi connectivity index (χ0v) is 18.9. The van der Waals surface area contributed by atoms with Crippen LogP contribution in [0.3, 0.4) is 0 Å². The second-order valence-corrected chi connectivity index (χ2v) is 10.2. The van der Waals surface area contributed by atoms with Gasteiger partial charge in [-0.05, 0) is 60.5 Å². The minimum absolute atomic E-state index is 0.0780. The summed E-state index contributed by atoms with van der Waals surface area (Å²) in [4.78, 5) is 12.4. The van der Waals surface area contributed by atoms with Crippen LogP contribution in [0.5, 0.6) is 0 Å². The molecule has 9 heteroatoms. The molecule has 154 valence electrons. The molecule has 0 spiro atoms. The maximum absolute atomic E-state index is 12.9. The number of hydrogen-bond donors (Lipinski definition) is 1. The third-order valence-electron chi connectivity index (χ3n) is 4.72. The Hall–Kier alpha value is -2.32. The number of nitrogens with one attached hydrogen (secondary N) is 1. The topological polar surface area (TPSA) is 68.2 Å². The zero-order chi connectivity index (χ0) is 21.5. The lowest BCUT2D eigenvalue weighted by atomic mass is 10.2. The van der Waals surface area contributed by atoms with Gasteiger partial charge in [-0.3, -0.25) is 14.1 Å². The standard InChI is InChI=1S/C21H16Cl2N2O3S2/c1-13-17(23)3-2-4-18(13)24-30(27,28)16-9-10-19-20(11-16)29-21(26)25(19)12-14-5-7-15(22)8-6-14/h2-11,24H,12H2,1H3. The Morgan fingerprint density at radius 2 is 1.77 bits per heavy atom. The monoisotopic (exact) mass is 478 g/mol. The minimum Gasteiger partial charge on any atom is -0.294 e. The van der Waals surface area contributed by atoms with Gasteiger partial charge < -0.3 is 0 Å². The summed E-state index contributed by atoms with van der Waals surface area (Å²) < 4.78 is 30.5. The van der Waals surface area contributed by atoms with Crippen LogP contribution < -0.4 is 9.60 Å². The van der Waals surface area contributed by atoms with Crippen molar-refractivity contribution in [2.45, 2.75) is 18.4 Å². The predicted molar refractivity (Wildman–Crippen MR) is 124 cm³/mol. The van der Waals surface area contributed by atoms with E-state index < -0.39 is 10.0 Å². The lowest BCUT2D eigenvalue weighted by Crippen LogP contribution is -2.14. The number of aromatic nitrogens is 1. The largest absolute Gasteiger partial charge is 0.308 e. The highest BCUT2D eigenvalue weighted by molar-refractivity contribution is 7.92. The number of anilines is 1. The SMILES string of the molecule is Cc1c(Cl)cccc1NS(=O)(=O)c1ccc2c(c1)sc(=O)n2Cc1ccc(Cl)cc1. The van der Waals surface area contributed by atoms with Gasteiger partial charge in [-0.2, -0.15) is 0 Å². The highest BCUT2D eigenvalue weighted by Crippen LogP contribution is 2.27. The van der Waals surface area contributed by atoms with Crippen molar-refractivity contribution < 1.29 is 8.42 Å². The number of rotatable bonds is 5. The average Bonchev–Trinajstić information content (AvgIpc) is 3.01. The first-order valence-corrected chi connectivity index (χ1v) is 12.0. The molecule has 0 aliphatic heterocycles. The maximum Gasteiger partial charge on any atom is 0.308 e. The number of thiazole rings is 1. The molecule has 0 saturated heterocycles. The van der Waals surface area contributed by atoms with Crippen LogP contribution >= 0.6 is 34.5 Å². The van der Waals surface area contributed by atoms with Gasteiger partial charge in [-0.1, -0.05) is 52.7 Å². The van der Waals surface area contributed by atoms with Crippen LogP contribution in [0.15, 0.2) is 70.4 Å². The quantitative estimate of drug-likeness (QED) is 0.410. The van der Waals surface area contributed by atoms with Crippen molar-refractivity contribution in [2.75, 3.05) is 4.72 Å². The number of sulfonamides is 1. The van der Waals surface area contributed by atoms with Crippen molar-refractivity contribution in [1.82, 2.24) is 4.57 Å². The summed E-state index contributed by atoms with van der Waals surface area (Å²) in [6.45, 7) is 2.12. The van der Waals surface area contributed by atoms with Crippen molar-refractivity contribution in [3.05, 3.63) is 91.5 Å². The van der Waals surface area contributed by atoms with E-state index in [4.69, 9.17) is 23.2 Å². The molecule has 0 aliphatic carbocycles. The lowest BCUT2D eigenvalue weighted by Gasteiger charge is -2.11. The number of benzene rings is 3. The summed E-state index contributed by atoms with van der Waals surface area (Å²) in [5.74, 6) is 0. The van der Waals surface area contributed by atoms with Gasteiger partial charge in [0.15, 0.2) is 0 Å². The Balaban J connectivity index is 1.69. The first-order chi connectivity index (χ1) is 14.2. The minimum atomic E-state index is -3.84. The highest BCUT2D eigenvalue weighted by Gasteiger charge is 2.18. The van der Waals surface area contributed by atoms with E-state index in [9.17, 15) is 13.2 Å². The average molecular weight is 479 g/mol. The van der Waals surface area contributed by atoms with E-state index in [1.807, 2.05) is 12.1 Å². The van der Waals surface area contributed by atoms with Crippen LogP contribution in [0.2, 0.25) is 10.0 Å². The van der Waals surface area contributed by atoms with Gasteiger partial charge in [0.05, 0.1) is 27.3 Å². The van der Waals surface area contributed by atoms with Gasteiger partial charge in [-0.25, -0.2) is 8.42 Å². The van der Waals surface area contributed by atoms with Crippen molar-refractivity contribution in [1.29, 1.82) is 0 Å². The van der Waals surface area contributed by atoms with Gasteiger partial charge in [0.2, 0.25) is 0 Å². The molecule has 30 heavy (non-hydrogen) atoms. The van der Waals surface area contributed by atoms with Gasteiger partial charge in [0.25, 0.3) is 10.0 Å². The molecule has 0 aliphatic rings. The molecular formula is C21H16Cl2N2O3S2. The first-order valence-electron chi connectivity index (χ1n) is 8.90. The van der Waals surface area contributed by atoms with E-state index in [2.05, 4.69) is 4.72 Å². The Bertz CT molecular complexity index is 1410. The van der Waals surface area contributed by atoms with E-state index >= 15 is 0 Å². The van der Waals surface area contributed by atoms with E-state index in [0.29, 0.717) is 38.1 Å². The zero-order valence-electron chi connectivity index (χ0n) is 15.7. The van der Waals surface area contributed by atoms with E-state index in [1.54, 1.807) is 47.9 Å². The van der Waals surface area contributed by atoms with E-state index in [-0.39, 0.29) is 9.77 Å². The Labute approximate surface area is 187 Å².